The van der Waals surface area contributed by atoms with Crippen LogP contribution in [0.15, 0.2) is 90.6 Å². The van der Waals surface area contributed by atoms with Gasteiger partial charge in [-0.2, -0.15) is 5.26 Å². The number of carbonyl (C=O) groups excluding carboxylic acids is 1. The van der Waals surface area contributed by atoms with Crippen molar-refractivity contribution in [2.24, 2.45) is 0 Å². The van der Waals surface area contributed by atoms with Crippen molar-refractivity contribution in [3.8, 4) is 6.07 Å². The van der Waals surface area contributed by atoms with E-state index in [0.29, 0.717) is 13.1 Å². The number of carbonyl (C=O) groups is 2. The summed E-state index contributed by atoms with van der Waals surface area (Å²) in [6.45, 7) is 0.942. The van der Waals surface area contributed by atoms with Crippen LogP contribution in [0.25, 0.3) is 17.0 Å². The van der Waals surface area contributed by atoms with Gasteiger partial charge in [0.2, 0.25) is 0 Å². The molecule has 0 spiro atoms. The molecule has 0 aliphatic heterocycles. The van der Waals surface area contributed by atoms with E-state index in [4.69, 9.17) is 0 Å². The Morgan fingerprint density at radius 3 is 2.49 bits per heavy atom. The average Bonchev–Trinajstić information content (AvgIpc) is 3.22. The third-order valence-corrected chi connectivity index (χ3v) is 5.78. The summed E-state index contributed by atoms with van der Waals surface area (Å²) in [7, 11) is 0. The zero-order valence-corrected chi connectivity index (χ0v) is 19.1. The van der Waals surface area contributed by atoms with Gasteiger partial charge in [0.15, 0.2) is 0 Å². The van der Waals surface area contributed by atoms with E-state index in [1.165, 1.54) is 5.56 Å². The first kappa shape index (κ1) is 23.5. The standard InChI is InChI=1S/C29H25N3O3/c30-18-24(28(33)31-15-7-11-21-8-2-1-3-9-21)17-25-20-32(27-14-5-4-13-26(25)27)19-22-10-6-12-23(16-22)29(34)35/h1-6,8-10,12-14,16-17,20H,7,11,15,19H2,(H,31,33)(H,34,35)/b24-17-. The van der Waals surface area contributed by atoms with Gasteiger partial charge in [0.1, 0.15) is 11.6 Å². The molecule has 0 saturated carbocycles. The number of carboxylic acids is 1. The second-order valence-electron chi connectivity index (χ2n) is 8.25. The van der Waals surface area contributed by atoms with Crippen LogP contribution in [0.3, 0.4) is 0 Å². The fourth-order valence-corrected chi connectivity index (χ4v) is 4.06. The third kappa shape index (κ3) is 5.84. The lowest BCUT2D eigenvalue weighted by Gasteiger charge is -2.06. The Morgan fingerprint density at radius 2 is 1.71 bits per heavy atom. The summed E-state index contributed by atoms with van der Waals surface area (Å²) in [5, 5.41) is 22.7. The van der Waals surface area contributed by atoms with Gasteiger partial charge in [-0.1, -0.05) is 60.7 Å². The first-order valence-electron chi connectivity index (χ1n) is 11.4. The van der Waals surface area contributed by atoms with Gasteiger partial charge >= 0.3 is 5.97 Å². The molecular weight excluding hydrogens is 438 g/mol. The fourth-order valence-electron chi connectivity index (χ4n) is 4.06. The van der Waals surface area contributed by atoms with Crippen molar-refractivity contribution in [1.29, 1.82) is 5.26 Å². The molecule has 1 aromatic heterocycles. The minimum atomic E-state index is -0.971. The first-order valence-corrected chi connectivity index (χ1v) is 11.4. The predicted molar refractivity (Wildman–Crippen MR) is 136 cm³/mol. The number of nitrogens with one attached hydrogen (secondary N) is 1. The lowest BCUT2D eigenvalue weighted by atomic mass is 10.1. The number of nitriles is 1. The highest BCUT2D eigenvalue weighted by Gasteiger charge is 2.13. The molecule has 3 aromatic carbocycles. The Morgan fingerprint density at radius 1 is 0.971 bits per heavy atom. The molecule has 0 fully saturated rings. The SMILES string of the molecule is N#C/C(=C/c1cn(Cc2cccc(C(=O)O)c2)c2ccccc12)C(=O)NCCCc1ccccc1. The predicted octanol–water partition coefficient (Wildman–Crippen LogP) is 5.04. The van der Waals surface area contributed by atoms with Crippen LogP contribution >= 0.6 is 0 Å². The lowest BCUT2D eigenvalue weighted by Crippen LogP contribution is -2.25. The summed E-state index contributed by atoms with van der Waals surface area (Å²) in [6, 6.07) is 26.6. The maximum Gasteiger partial charge on any atom is 0.335 e. The maximum absolute atomic E-state index is 12.7. The second-order valence-corrected chi connectivity index (χ2v) is 8.25. The molecule has 0 atom stereocenters. The lowest BCUT2D eigenvalue weighted by molar-refractivity contribution is -0.117. The van der Waals surface area contributed by atoms with Crippen LogP contribution in [0.5, 0.6) is 0 Å². The van der Waals surface area contributed by atoms with Gasteiger partial charge in [0.05, 0.1) is 5.56 Å². The smallest absolute Gasteiger partial charge is 0.335 e. The van der Waals surface area contributed by atoms with Crippen LogP contribution in [-0.4, -0.2) is 28.1 Å². The molecule has 0 aliphatic carbocycles. The van der Waals surface area contributed by atoms with Crippen molar-refractivity contribution in [3.05, 3.63) is 113 Å². The zero-order valence-electron chi connectivity index (χ0n) is 19.1. The second kappa shape index (κ2) is 11.0. The zero-order chi connectivity index (χ0) is 24.6. The molecule has 0 bridgehead atoms. The van der Waals surface area contributed by atoms with Crippen molar-refractivity contribution in [2.45, 2.75) is 19.4 Å². The van der Waals surface area contributed by atoms with E-state index in [1.807, 2.05) is 65.4 Å². The molecule has 6 heteroatoms. The summed E-state index contributed by atoms with van der Waals surface area (Å²) >= 11 is 0. The van der Waals surface area contributed by atoms with Gasteiger partial charge in [-0.25, -0.2) is 4.79 Å². The third-order valence-electron chi connectivity index (χ3n) is 5.78. The Bertz CT molecular complexity index is 1430. The van der Waals surface area contributed by atoms with Crippen LogP contribution < -0.4 is 5.32 Å². The highest BCUT2D eigenvalue weighted by atomic mass is 16.4. The largest absolute Gasteiger partial charge is 0.478 e. The van der Waals surface area contributed by atoms with Crippen LogP contribution in [0.4, 0.5) is 0 Å². The molecule has 35 heavy (non-hydrogen) atoms. The minimum absolute atomic E-state index is 0.0421. The Labute approximate surface area is 203 Å². The fraction of sp³-hybridized carbons (Fsp3) is 0.138. The highest BCUT2D eigenvalue weighted by Crippen LogP contribution is 2.25. The van der Waals surface area contributed by atoms with Gasteiger partial charge in [-0.3, -0.25) is 4.79 Å². The van der Waals surface area contributed by atoms with Crippen molar-refractivity contribution < 1.29 is 14.7 Å². The molecule has 0 aliphatic rings. The maximum atomic E-state index is 12.7. The van der Waals surface area contributed by atoms with Gasteiger partial charge in [-0.15, -0.1) is 0 Å². The molecule has 1 amide bonds. The molecule has 0 radical (unpaired) electrons. The van der Waals surface area contributed by atoms with Crippen LogP contribution in [0, 0.1) is 11.3 Å². The van der Waals surface area contributed by atoms with E-state index in [2.05, 4.69) is 17.4 Å². The average molecular weight is 464 g/mol. The molecule has 4 rings (SSSR count). The Balaban J connectivity index is 1.51. The van der Waals surface area contributed by atoms with Gasteiger partial charge in [0, 0.05) is 35.8 Å². The number of aromatic carboxylic acids is 1. The Kier molecular flexibility index (Phi) is 7.39. The van der Waals surface area contributed by atoms with E-state index in [1.54, 1.807) is 24.3 Å². The summed E-state index contributed by atoms with van der Waals surface area (Å²) in [5.41, 5.74) is 4.01. The van der Waals surface area contributed by atoms with E-state index >= 15 is 0 Å². The number of aromatic nitrogens is 1. The number of hydrogen-bond donors (Lipinski definition) is 2. The number of carboxylic acid groups (broad SMARTS) is 1. The van der Waals surface area contributed by atoms with Gasteiger partial charge in [0.25, 0.3) is 5.91 Å². The number of hydrogen-bond acceptors (Lipinski definition) is 3. The number of para-hydroxylation sites is 1. The number of rotatable bonds is 9. The van der Waals surface area contributed by atoms with Crippen molar-refractivity contribution in [2.75, 3.05) is 6.54 Å². The first-order chi connectivity index (χ1) is 17.0. The quantitative estimate of drug-likeness (QED) is 0.206. The molecule has 174 valence electrons. The van der Waals surface area contributed by atoms with Crippen LogP contribution in [0.1, 0.15) is 33.5 Å². The molecule has 4 aromatic rings. The number of benzene rings is 3. The topological polar surface area (TPSA) is 95.1 Å². The summed E-state index contributed by atoms with van der Waals surface area (Å²) in [6.07, 6.45) is 5.13. The van der Waals surface area contributed by atoms with E-state index in [9.17, 15) is 20.0 Å². The molecular formula is C29H25N3O3. The molecule has 1 heterocycles. The summed E-state index contributed by atoms with van der Waals surface area (Å²) in [4.78, 5) is 24.0. The van der Waals surface area contributed by atoms with E-state index in [-0.39, 0.29) is 11.1 Å². The van der Waals surface area contributed by atoms with Gasteiger partial charge in [-0.05, 0) is 48.2 Å². The Hall–Kier alpha value is -4.63. The van der Waals surface area contributed by atoms with E-state index in [0.717, 1.165) is 34.9 Å². The molecule has 2 N–H and O–H groups in total. The monoisotopic (exact) mass is 463 g/mol. The number of aryl methyl sites for hydroxylation is 1. The number of fused-ring (bicyclic) bond motifs is 1. The molecule has 0 unspecified atom stereocenters. The summed E-state index contributed by atoms with van der Waals surface area (Å²) < 4.78 is 1.99. The van der Waals surface area contributed by atoms with Crippen molar-refractivity contribution in [1.82, 2.24) is 9.88 Å². The molecule has 0 saturated heterocycles. The highest BCUT2D eigenvalue weighted by molar-refractivity contribution is 6.04. The minimum Gasteiger partial charge on any atom is -0.478 e. The normalized spacial score (nSPS) is 11.2. The van der Waals surface area contributed by atoms with E-state index < -0.39 is 11.9 Å². The van der Waals surface area contributed by atoms with Crippen LogP contribution in [-0.2, 0) is 17.8 Å². The van der Waals surface area contributed by atoms with Crippen molar-refractivity contribution >= 4 is 28.9 Å². The van der Waals surface area contributed by atoms with Gasteiger partial charge < -0.3 is 15.0 Å². The van der Waals surface area contributed by atoms with Crippen LogP contribution in [0.2, 0.25) is 0 Å². The molecule has 6 nitrogen and oxygen atoms in total. The van der Waals surface area contributed by atoms with Crippen molar-refractivity contribution in [3.63, 3.8) is 0 Å². The number of amides is 1. The summed E-state index contributed by atoms with van der Waals surface area (Å²) in [5.74, 6) is -1.37. The number of nitrogens with zero attached hydrogens (tertiary/aromatic N) is 2.